The van der Waals surface area contributed by atoms with Crippen molar-refractivity contribution in [2.45, 2.75) is 5.16 Å². The standard InChI is InChI=1S/C4HCl2N3O2S2/c5-9-3-2(1-12-8-3)7-4(9)13(6,10)11/h1H. The quantitative estimate of drug-likeness (QED) is 0.725. The molecule has 0 aliphatic heterocycles. The van der Waals surface area contributed by atoms with Gasteiger partial charge in [-0.05, 0) is 11.5 Å². The molecule has 5 nitrogen and oxygen atoms in total. The highest BCUT2D eigenvalue weighted by molar-refractivity contribution is 8.13. The van der Waals surface area contributed by atoms with E-state index in [9.17, 15) is 8.42 Å². The number of hydrogen-bond donors (Lipinski definition) is 0. The van der Waals surface area contributed by atoms with Gasteiger partial charge in [0.1, 0.15) is 5.52 Å². The van der Waals surface area contributed by atoms with Crippen LogP contribution in [0.15, 0.2) is 10.5 Å². The number of imidazole rings is 1. The summed E-state index contributed by atoms with van der Waals surface area (Å²) >= 11 is 6.76. The van der Waals surface area contributed by atoms with Gasteiger partial charge in [-0.1, -0.05) is 0 Å². The topological polar surface area (TPSA) is 64.8 Å². The molecule has 0 N–H and O–H groups in total. The minimum Gasteiger partial charge on any atom is -0.213 e. The number of hydrogen-bond acceptors (Lipinski definition) is 5. The van der Waals surface area contributed by atoms with E-state index in [1.807, 2.05) is 0 Å². The Kier molecular flexibility index (Phi) is 1.99. The van der Waals surface area contributed by atoms with Crippen LogP contribution in [-0.4, -0.2) is 21.9 Å². The normalized spacial score (nSPS) is 12.5. The largest absolute Gasteiger partial charge is 0.296 e. The number of nitrogens with zero attached hydrogens (tertiary/aromatic N) is 3. The zero-order chi connectivity index (χ0) is 9.64. The minimum absolute atomic E-state index is 0.297. The van der Waals surface area contributed by atoms with E-state index in [1.165, 1.54) is 0 Å². The monoisotopic (exact) mass is 257 g/mol. The Morgan fingerprint density at radius 3 is 2.77 bits per heavy atom. The fourth-order valence-electron chi connectivity index (χ4n) is 0.826. The van der Waals surface area contributed by atoms with E-state index in [4.69, 9.17) is 22.5 Å². The lowest BCUT2D eigenvalue weighted by molar-refractivity contribution is 0.601. The average molecular weight is 258 g/mol. The molecule has 0 aromatic carbocycles. The molecule has 0 fully saturated rings. The molecule has 0 atom stereocenters. The zero-order valence-corrected chi connectivity index (χ0v) is 8.95. The molecule has 2 aromatic heterocycles. The molecule has 0 aliphatic carbocycles. The van der Waals surface area contributed by atoms with Gasteiger partial charge in [0.25, 0.3) is 14.2 Å². The van der Waals surface area contributed by atoms with Crippen molar-refractivity contribution in [1.82, 2.24) is 13.4 Å². The second-order valence-electron chi connectivity index (χ2n) is 2.14. The molecule has 0 spiro atoms. The Morgan fingerprint density at radius 1 is 1.54 bits per heavy atom. The van der Waals surface area contributed by atoms with E-state index in [0.717, 1.165) is 15.6 Å². The van der Waals surface area contributed by atoms with Gasteiger partial charge < -0.3 is 0 Å². The van der Waals surface area contributed by atoms with Gasteiger partial charge in [0.2, 0.25) is 0 Å². The molecule has 2 rings (SSSR count). The van der Waals surface area contributed by atoms with Crippen LogP contribution in [0.5, 0.6) is 0 Å². The first-order chi connectivity index (χ1) is 6.00. The molecule has 0 amide bonds. The van der Waals surface area contributed by atoms with Gasteiger partial charge in [0, 0.05) is 27.8 Å². The van der Waals surface area contributed by atoms with Crippen LogP contribution in [0.1, 0.15) is 0 Å². The van der Waals surface area contributed by atoms with Crippen molar-refractivity contribution < 1.29 is 8.42 Å². The Labute approximate surface area is 86.6 Å². The predicted molar refractivity (Wildman–Crippen MR) is 49.7 cm³/mol. The van der Waals surface area contributed by atoms with Crippen molar-refractivity contribution in [2.24, 2.45) is 0 Å². The molecule has 2 aromatic rings. The molecule has 70 valence electrons. The summed E-state index contributed by atoms with van der Waals surface area (Å²) in [7, 11) is 1.16. The van der Waals surface area contributed by atoms with Gasteiger partial charge in [-0.25, -0.2) is 17.5 Å². The maximum Gasteiger partial charge on any atom is 0.296 e. The van der Waals surface area contributed by atoms with Crippen LogP contribution < -0.4 is 0 Å². The fraction of sp³-hybridized carbons (Fsp3) is 0. The first-order valence-corrected chi connectivity index (χ1v) is 6.42. The van der Waals surface area contributed by atoms with Crippen LogP contribution in [0.3, 0.4) is 0 Å². The first-order valence-electron chi connectivity index (χ1n) is 2.94. The van der Waals surface area contributed by atoms with Crippen molar-refractivity contribution in [3.63, 3.8) is 0 Å². The van der Waals surface area contributed by atoms with Crippen LogP contribution in [0, 0.1) is 0 Å². The molecule has 0 saturated carbocycles. The third-order valence-corrected chi connectivity index (χ3v) is 3.47. The molecule has 9 heteroatoms. The molecule has 0 saturated heterocycles. The summed E-state index contributed by atoms with van der Waals surface area (Å²) in [5.74, 6) is 0. The molecular formula is C4HCl2N3O2S2. The molecule has 0 radical (unpaired) electrons. The SMILES string of the molecule is O=S(=O)(Cl)c1nc2csnc2n1Cl. The Balaban J connectivity index is 2.86. The van der Waals surface area contributed by atoms with E-state index in [1.54, 1.807) is 5.38 Å². The van der Waals surface area contributed by atoms with Gasteiger partial charge in [-0.3, -0.25) is 0 Å². The second-order valence-corrected chi connectivity index (χ2v) is 5.56. The van der Waals surface area contributed by atoms with E-state index >= 15 is 0 Å². The molecule has 0 bridgehead atoms. The zero-order valence-electron chi connectivity index (χ0n) is 5.81. The van der Waals surface area contributed by atoms with Crippen molar-refractivity contribution in [1.29, 1.82) is 0 Å². The Bertz CT molecular complexity index is 557. The summed E-state index contributed by atoms with van der Waals surface area (Å²) in [6, 6.07) is 0. The van der Waals surface area contributed by atoms with Crippen molar-refractivity contribution >= 4 is 54.2 Å². The van der Waals surface area contributed by atoms with Crippen LogP contribution in [-0.2, 0) is 9.05 Å². The molecular weight excluding hydrogens is 257 g/mol. The summed E-state index contributed by atoms with van der Waals surface area (Å²) in [6.45, 7) is 0. The van der Waals surface area contributed by atoms with Gasteiger partial charge in [0.15, 0.2) is 5.65 Å². The van der Waals surface area contributed by atoms with Gasteiger partial charge in [-0.2, -0.15) is 4.37 Å². The Hall–Kier alpha value is -0.370. The minimum atomic E-state index is -3.91. The van der Waals surface area contributed by atoms with Crippen LogP contribution >= 0.6 is 34.0 Å². The van der Waals surface area contributed by atoms with Gasteiger partial charge in [0.05, 0.1) is 0 Å². The molecule has 0 unspecified atom stereocenters. The van der Waals surface area contributed by atoms with Crippen LogP contribution in [0.2, 0.25) is 0 Å². The number of aromatic nitrogens is 3. The van der Waals surface area contributed by atoms with E-state index in [2.05, 4.69) is 9.36 Å². The maximum atomic E-state index is 10.9. The predicted octanol–water partition coefficient (Wildman–Crippen LogP) is 1.42. The highest BCUT2D eigenvalue weighted by Gasteiger charge is 2.21. The first kappa shape index (κ1) is 9.20. The summed E-state index contributed by atoms with van der Waals surface area (Å²) in [5.41, 5.74) is 0.713. The van der Waals surface area contributed by atoms with Crippen molar-refractivity contribution in [3.8, 4) is 0 Å². The molecule has 2 heterocycles. The average Bonchev–Trinajstić information content (AvgIpc) is 2.51. The summed E-state index contributed by atoms with van der Waals surface area (Å²) in [6.07, 6.45) is 0. The third kappa shape index (κ3) is 1.41. The van der Waals surface area contributed by atoms with Crippen molar-refractivity contribution in [2.75, 3.05) is 0 Å². The fourth-order valence-corrected chi connectivity index (χ4v) is 2.79. The van der Waals surface area contributed by atoms with E-state index < -0.39 is 14.2 Å². The Morgan fingerprint density at radius 2 is 2.23 bits per heavy atom. The molecule has 0 aliphatic rings. The number of rotatable bonds is 1. The number of halogens is 2. The number of fused-ring (bicyclic) bond motifs is 1. The van der Waals surface area contributed by atoms with E-state index in [-0.39, 0.29) is 0 Å². The maximum absolute atomic E-state index is 10.9. The summed E-state index contributed by atoms with van der Waals surface area (Å²) in [5, 5.41) is 1.18. The lowest BCUT2D eigenvalue weighted by atomic mass is 10.6. The highest BCUT2D eigenvalue weighted by atomic mass is 35.7. The lowest BCUT2D eigenvalue weighted by Gasteiger charge is -1.91. The van der Waals surface area contributed by atoms with Crippen LogP contribution in [0.25, 0.3) is 11.2 Å². The van der Waals surface area contributed by atoms with E-state index in [0.29, 0.717) is 11.2 Å². The van der Waals surface area contributed by atoms with Crippen LogP contribution in [0.4, 0.5) is 0 Å². The second kappa shape index (κ2) is 2.81. The summed E-state index contributed by atoms with van der Waals surface area (Å²) < 4.78 is 26.5. The lowest BCUT2D eigenvalue weighted by Crippen LogP contribution is -1.97. The third-order valence-electron chi connectivity index (χ3n) is 1.32. The highest BCUT2D eigenvalue weighted by Crippen LogP contribution is 2.23. The van der Waals surface area contributed by atoms with Crippen molar-refractivity contribution in [3.05, 3.63) is 5.38 Å². The summed E-state index contributed by atoms with van der Waals surface area (Å²) in [4.78, 5) is 3.70. The van der Waals surface area contributed by atoms with Gasteiger partial charge >= 0.3 is 0 Å². The van der Waals surface area contributed by atoms with Gasteiger partial charge in [-0.15, -0.1) is 0 Å². The molecule has 13 heavy (non-hydrogen) atoms. The smallest absolute Gasteiger partial charge is 0.213 e.